The van der Waals surface area contributed by atoms with Crippen molar-refractivity contribution in [2.75, 3.05) is 13.1 Å². The van der Waals surface area contributed by atoms with Crippen molar-refractivity contribution in [1.82, 2.24) is 4.90 Å². The number of amides is 1. The summed E-state index contributed by atoms with van der Waals surface area (Å²) in [5.41, 5.74) is 0.952. The number of fused-ring (bicyclic) bond motifs is 2. The number of hydrogen-bond donors (Lipinski definition) is 1. The second-order valence-corrected chi connectivity index (χ2v) is 6.48. The smallest absolute Gasteiger partial charge is 0.339 e. The number of hydrogen-bond acceptors (Lipinski definition) is 4. The Bertz CT molecular complexity index is 866. The van der Waals surface area contributed by atoms with Gasteiger partial charge in [0.1, 0.15) is 5.75 Å². The summed E-state index contributed by atoms with van der Waals surface area (Å²) in [7, 11) is 0. The van der Waals surface area contributed by atoms with Crippen molar-refractivity contribution in [1.29, 1.82) is 0 Å². The van der Waals surface area contributed by atoms with E-state index in [9.17, 15) is 14.7 Å². The minimum atomic E-state index is -0.771. The molecular formula is C18H14ClNO4. The summed E-state index contributed by atoms with van der Waals surface area (Å²) >= 11 is 6.07. The molecule has 2 heterocycles. The highest BCUT2D eigenvalue weighted by Crippen LogP contribution is 2.43. The van der Waals surface area contributed by atoms with E-state index in [2.05, 4.69) is 0 Å². The number of carbonyl (C=O) groups is 2. The van der Waals surface area contributed by atoms with Gasteiger partial charge in [-0.3, -0.25) is 4.79 Å². The van der Waals surface area contributed by atoms with Crippen molar-refractivity contribution in [3.8, 4) is 5.75 Å². The van der Waals surface area contributed by atoms with Crippen molar-refractivity contribution in [3.05, 3.63) is 64.2 Å². The summed E-state index contributed by atoms with van der Waals surface area (Å²) in [4.78, 5) is 26.5. The number of phenols is 1. The van der Waals surface area contributed by atoms with Gasteiger partial charge < -0.3 is 14.7 Å². The maximum atomic E-state index is 12.7. The molecule has 0 saturated carbocycles. The van der Waals surface area contributed by atoms with Crippen molar-refractivity contribution in [2.24, 2.45) is 0 Å². The third-order valence-electron chi connectivity index (χ3n) is 4.63. The first kappa shape index (κ1) is 15.0. The average Bonchev–Trinajstić information content (AvgIpc) is 3.10. The van der Waals surface area contributed by atoms with E-state index in [1.807, 2.05) is 12.1 Å². The molecule has 6 heteroatoms. The minimum Gasteiger partial charge on any atom is -0.508 e. The third kappa shape index (κ3) is 2.16. The lowest BCUT2D eigenvalue weighted by molar-refractivity contribution is -0.00306. The maximum absolute atomic E-state index is 12.7. The largest absolute Gasteiger partial charge is 0.508 e. The Labute approximate surface area is 143 Å². The van der Waals surface area contributed by atoms with Gasteiger partial charge >= 0.3 is 5.97 Å². The molecule has 2 aliphatic heterocycles. The van der Waals surface area contributed by atoms with Crippen LogP contribution in [0.15, 0.2) is 42.5 Å². The van der Waals surface area contributed by atoms with Gasteiger partial charge in [-0.25, -0.2) is 4.79 Å². The molecule has 1 amide bonds. The zero-order chi connectivity index (χ0) is 16.9. The summed E-state index contributed by atoms with van der Waals surface area (Å²) in [6.45, 7) is 0.767. The van der Waals surface area contributed by atoms with Gasteiger partial charge in [-0.15, -0.1) is 0 Å². The quantitative estimate of drug-likeness (QED) is 0.808. The first-order valence-electron chi connectivity index (χ1n) is 7.61. The van der Waals surface area contributed by atoms with Crippen molar-refractivity contribution in [3.63, 3.8) is 0 Å². The Morgan fingerprint density at radius 1 is 1.25 bits per heavy atom. The van der Waals surface area contributed by atoms with Crippen LogP contribution in [0.2, 0.25) is 5.02 Å². The average molecular weight is 344 g/mol. The monoisotopic (exact) mass is 343 g/mol. The molecule has 1 N–H and O–H groups in total. The summed E-state index contributed by atoms with van der Waals surface area (Å²) in [6.07, 6.45) is 0.553. The number of ether oxygens (including phenoxy) is 1. The van der Waals surface area contributed by atoms with E-state index in [0.717, 1.165) is 5.56 Å². The summed E-state index contributed by atoms with van der Waals surface area (Å²) in [5.74, 6) is -0.576. The third-order valence-corrected chi connectivity index (χ3v) is 4.94. The van der Waals surface area contributed by atoms with E-state index < -0.39 is 5.60 Å². The number of aromatic hydroxyl groups is 1. The fourth-order valence-electron chi connectivity index (χ4n) is 3.45. The van der Waals surface area contributed by atoms with E-state index in [1.165, 1.54) is 18.2 Å². The zero-order valence-electron chi connectivity index (χ0n) is 12.7. The normalized spacial score (nSPS) is 21.9. The van der Waals surface area contributed by atoms with Crippen LogP contribution in [0.5, 0.6) is 5.75 Å². The van der Waals surface area contributed by atoms with Gasteiger partial charge in [-0.1, -0.05) is 29.8 Å². The Balaban J connectivity index is 1.64. The van der Waals surface area contributed by atoms with Gasteiger partial charge in [0.05, 0.1) is 22.7 Å². The number of esters is 1. The topological polar surface area (TPSA) is 66.8 Å². The van der Waals surface area contributed by atoms with Gasteiger partial charge in [-0.05, 0) is 24.3 Å². The Morgan fingerprint density at radius 3 is 2.83 bits per heavy atom. The van der Waals surface area contributed by atoms with Gasteiger partial charge in [0.15, 0.2) is 5.60 Å². The number of likely N-dealkylation sites (tertiary alicyclic amines) is 1. The Hall–Kier alpha value is -2.53. The van der Waals surface area contributed by atoms with E-state index in [-0.39, 0.29) is 22.6 Å². The molecule has 24 heavy (non-hydrogen) atoms. The van der Waals surface area contributed by atoms with Crippen LogP contribution in [0.1, 0.15) is 32.7 Å². The molecule has 1 atom stereocenters. The second kappa shape index (κ2) is 5.24. The predicted molar refractivity (Wildman–Crippen MR) is 87.2 cm³/mol. The molecule has 0 aliphatic carbocycles. The van der Waals surface area contributed by atoms with Crippen LogP contribution in [0.4, 0.5) is 0 Å². The van der Waals surface area contributed by atoms with E-state index >= 15 is 0 Å². The number of carbonyl (C=O) groups excluding carboxylic acids is 2. The molecule has 0 aromatic heterocycles. The minimum absolute atomic E-state index is 0.00749. The van der Waals surface area contributed by atoms with Crippen LogP contribution in [-0.4, -0.2) is 35.0 Å². The molecule has 0 bridgehead atoms. The Morgan fingerprint density at radius 2 is 2.04 bits per heavy atom. The van der Waals surface area contributed by atoms with Crippen LogP contribution in [0.25, 0.3) is 0 Å². The molecule has 0 radical (unpaired) electrons. The molecule has 4 rings (SSSR count). The molecule has 2 aromatic carbocycles. The van der Waals surface area contributed by atoms with Gasteiger partial charge in [0, 0.05) is 18.5 Å². The van der Waals surface area contributed by atoms with Crippen molar-refractivity contribution in [2.45, 2.75) is 12.0 Å². The van der Waals surface area contributed by atoms with E-state index in [4.69, 9.17) is 16.3 Å². The highest BCUT2D eigenvalue weighted by Gasteiger charge is 2.50. The molecule has 1 saturated heterocycles. The SMILES string of the molecule is O=C1OC2(CCN(C(=O)c3ccc(O)cc3Cl)C2)c2ccccc21. The summed E-state index contributed by atoms with van der Waals surface area (Å²) < 4.78 is 5.64. The number of nitrogens with zero attached hydrogens (tertiary/aromatic N) is 1. The maximum Gasteiger partial charge on any atom is 0.339 e. The lowest BCUT2D eigenvalue weighted by Gasteiger charge is -2.24. The molecule has 122 valence electrons. The van der Waals surface area contributed by atoms with Crippen LogP contribution >= 0.6 is 11.6 Å². The molecule has 1 fully saturated rings. The molecule has 2 aliphatic rings. The first-order valence-corrected chi connectivity index (χ1v) is 7.99. The van der Waals surface area contributed by atoms with Crippen molar-refractivity contribution < 1.29 is 19.4 Å². The van der Waals surface area contributed by atoms with Crippen LogP contribution in [0.3, 0.4) is 0 Å². The van der Waals surface area contributed by atoms with E-state index in [1.54, 1.807) is 17.0 Å². The summed E-state index contributed by atoms with van der Waals surface area (Å²) in [6, 6.07) is 11.5. The molecule has 2 aromatic rings. The lowest BCUT2D eigenvalue weighted by Crippen LogP contribution is -2.34. The highest BCUT2D eigenvalue weighted by atomic mass is 35.5. The number of halogens is 1. The van der Waals surface area contributed by atoms with Crippen LogP contribution in [0, 0.1) is 0 Å². The number of benzene rings is 2. The molecular weight excluding hydrogens is 330 g/mol. The predicted octanol–water partition coefficient (Wildman–Crippen LogP) is 2.96. The zero-order valence-corrected chi connectivity index (χ0v) is 13.4. The first-order chi connectivity index (χ1) is 11.5. The Kier molecular flexibility index (Phi) is 3.28. The van der Waals surface area contributed by atoms with Gasteiger partial charge in [0.25, 0.3) is 5.91 Å². The van der Waals surface area contributed by atoms with Gasteiger partial charge in [0.2, 0.25) is 0 Å². The highest BCUT2D eigenvalue weighted by molar-refractivity contribution is 6.34. The molecule has 1 spiro atoms. The second-order valence-electron chi connectivity index (χ2n) is 6.07. The number of rotatable bonds is 1. The standard InChI is InChI=1S/C18H14ClNO4/c19-15-9-11(21)5-6-13(15)16(22)20-8-7-18(10-20)14-4-2-1-3-12(14)17(23)24-18/h1-6,9,21H,7-8,10H2. The molecule has 5 nitrogen and oxygen atoms in total. The van der Waals surface area contributed by atoms with Crippen LogP contribution in [-0.2, 0) is 10.3 Å². The number of phenolic OH excluding ortho intramolecular Hbond substituents is 1. The van der Waals surface area contributed by atoms with Crippen molar-refractivity contribution >= 4 is 23.5 Å². The fourth-order valence-corrected chi connectivity index (χ4v) is 3.71. The van der Waals surface area contributed by atoms with Gasteiger partial charge in [-0.2, -0.15) is 0 Å². The van der Waals surface area contributed by atoms with E-state index in [0.29, 0.717) is 30.6 Å². The fraction of sp³-hybridized carbons (Fsp3) is 0.222. The van der Waals surface area contributed by atoms with Crippen LogP contribution < -0.4 is 0 Å². The summed E-state index contributed by atoms with van der Waals surface area (Å²) in [5, 5.41) is 9.62. The molecule has 1 unspecified atom stereocenters. The lowest BCUT2D eigenvalue weighted by atomic mass is 9.91.